The minimum atomic E-state index is -2.08. The molecule has 2 atom stereocenters. The Bertz CT molecular complexity index is 1900. The maximum atomic E-state index is 17.1. The van der Waals surface area contributed by atoms with Gasteiger partial charge in [0.05, 0.1) is 12.0 Å². The predicted molar refractivity (Wildman–Crippen MR) is 199 cm³/mol. The first-order chi connectivity index (χ1) is 23.9. The SMILES string of the molecule is CC(C)[Si](C#Cc1cccc2cc(O)cc(-c3ncc4c(N5CCCOCC5)nc(OC[C@@H]5C[C@@H](F)CN5C)nc4c3F)c12)(C(C)C)C(C)C. The number of pyridine rings is 1. The maximum Gasteiger partial charge on any atom is 0.319 e. The molecule has 6 rings (SSSR count). The lowest BCUT2D eigenvalue weighted by atomic mass is 9.96. The smallest absolute Gasteiger partial charge is 0.319 e. The number of nitrogens with zero attached hydrogens (tertiary/aromatic N) is 5. The molecule has 0 saturated carbocycles. The quantitative estimate of drug-likeness (QED) is 0.147. The molecule has 1 N–H and O–H groups in total. The lowest BCUT2D eigenvalue weighted by Gasteiger charge is -2.38. The number of benzene rings is 2. The Hall–Kier alpha value is -3.85. The molecule has 0 unspecified atom stereocenters. The van der Waals surface area contributed by atoms with Gasteiger partial charge in [0.25, 0.3) is 0 Å². The molecule has 50 heavy (non-hydrogen) atoms. The summed E-state index contributed by atoms with van der Waals surface area (Å²) in [4.78, 5) is 18.0. The van der Waals surface area contributed by atoms with Crippen molar-refractivity contribution in [2.75, 3.05) is 51.4 Å². The Morgan fingerprint density at radius 2 is 1.82 bits per heavy atom. The number of likely N-dealkylation sites (N-methyl/N-ethyl adjacent to an activating group) is 1. The monoisotopic (exact) mass is 701 g/mol. The standard InChI is InChI=1S/C39H49F2N5O3Si/c1-24(2)50(25(3)4,26(5)6)17-12-27-10-8-11-28-18-31(47)20-32(34(27)28)36-35(41)37-33(21-42-36)38(46-13-9-15-48-16-14-46)44-39(43-37)49-23-30-19-29(40)22-45(30)7/h8,10-11,18,20-21,24-26,29-30,47H,9,13-16,19,22-23H2,1-7H3/t29-,30+/m1/s1. The molecule has 2 aromatic carbocycles. The molecular formula is C39H49F2N5O3Si. The van der Waals surface area contributed by atoms with E-state index in [1.54, 1.807) is 18.3 Å². The van der Waals surface area contributed by atoms with Gasteiger partial charge in [0.15, 0.2) is 5.82 Å². The summed E-state index contributed by atoms with van der Waals surface area (Å²) in [5, 5.41) is 12.8. The van der Waals surface area contributed by atoms with Gasteiger partial charge in [0.2, 0.25) is 0 Å². The number of aromatic nitrogens is 3. The Balaban J connectivity index is 1.52. The zero-order valence-electron chi connectivity index (χ0n) is 30.3. The molecule has 2 aliphatic rings. The van der Waals surface area contributed by atoms with Crippen molar-refractivity contribution in [3.8, 4) is 34.5 Å². The van der Waals surface area contributed by atoms with Crippen molar-refractivity contribution in [3.63, 3.8) is 0 Å². The van der Waals surface area contributed by atoms with Crippen LogP contribution in [0.1, 0.15) is 59.9 Å². The van der Waals surface area contributed by atoms with E-state index < -0.39 is 20.1 Å². The van der Waals surface area contributed by atoms with Crippen LogP contribution in [0.2, 0.25) is 16.6 Å². The Morgan fingerprint density at radius 3 is 2.52 bits per heavy atom. The van der Waals surface area contributed by atoms with Gasteiger partial charge in [-0.3, -0.25) is 9.88 Å². The molecule has 2 aliphatic heterocycles. The summed E-state index contributed by atoms with van der Waals surface area (Å²) in [5.41, 5.74) is 6.46. The van der Waals surface area contributed by atoms with Crippen LogP contribution in [-0.4, -0.2) is 91.7 Å². The third kappa shape index (κ3) is 6.90. The predicted octanol–water partition coefficient (Wildman–Crippen LogP) is 7.91. The van der Waals surface area contributed by atoms with E-state index in [-0.39, 0.29) is 35.6 Å². The molecule has 2 saturated heterocycles. The van der Waals surface area contributed by atoms with Gasteiger partial charge in [0.1, 0.15) is 43.6 Å². The van der Waals surface area contributed by atoms with Gasteiger partial charge in [-0.15, -0.1) is 5.54 Å². The molecule has 2 fully saturated rings. The van der Waals surface area contributed by atoms with Crippen LogP contribution in [0.4, 0.5) is 14.6 Å². The van der Waals surface area contributed by atoms with Crippen LogP contribution in [0.5, 0.6) is 11.8 Å². The first-order valence-electron chi connectivity index (χ1n) is 17.9. The van der Waals surface area contributed by atoms with Crippen molar-refractivity contribution in [3.05, 3.63) is 47.9 Å². The fourth-order valence-corrected chi connectivity index (χ4v) is 13.4. The number of halogens is 2. The molecule has 266 valence electrons. The molecule has 0 spiro atoms. The number of ether oxygens (including phenoxy) is 2. The zero-order valence-corrected chi connectivity index (χ0v) is 31.3. The molecule has 0 aliphatic carbocycles. The highest BCUT2D eigenvalue weighted by atomic mass is 28.3. The van der Waals surface area contributed by atoms with Crippen molar-refractivity contribution in [2.45, 2.75) is 83.2 Å². The summed E-state index contributed by atoms with van der Waals surface area (Å²) < 4.78 is 43.0. The van der Waals surface area contributed by atoms with Crippen LogP contribution >= 0.6 is 0 Å². The maximum absolute atomic E-state index is 17.1. The van der Waals surface area contributed by atoms with E-state index in [4.69, 9.17) is 14.5 Å². The number of aromatic hydroxyl groups is 1. The van der Waals surface area contributed by atoms with Crippen molar-refractivity contribution >= 4 is 35.6 Å². The molecule has 0 amide bonds. The van der Waals surface area contributed by atoms with Crippen LogP contribution in [0.15, 0.2) is 36.5 Å². The van der Waals surface area contributed by atoms with E-state index in [1.807, 2.05) is 30.1 Å². The van der Waals surface area contributed by atoms with Crippen molar-refractivity contribution in [1.29, 1.82) is 0 Å². The minimum absolute atomic E-state index is 0.00187. The lowest BCUT2D eigenvalue weighted by Crippen LogP contribution is -2.43. The van der Waals surface area contributed by atoms with Gasteiger partial charge < -0.3 is 19.5 Å². The molecule has 8 nitrogen and oxygen atoms in total. The molecular weight excluding hydrogens is 653 g/mol. The summed E-state index contributed by atoms with van der Waals surface area (Å²) >= 11 is 0. The summed E-state index contributed by atoms with van der Waals surface area (Å²) in [7, 11) is -0.215. The van der Waals surface area contributed by atoms with Crippen molar-refractivity contribution in [1.82, 2.24) is 19.9 Å². The second-order valence-electron chi connectivity index (χ2n) is 14.7. The molecule has 4 heterocycles. The largest absolute Gasteiger partial charge is 0.508 e. The first-order valence-corrected chi connectivity index (χ1v) is 20.1. The second-order valence-corrected chi connectivity index (χ2v) is 20.3. The summed E-state index contributed by atoms with van der Waals surface area (Å²) in [6, 6.07) is 8.90. The summed E-state index contributed by atoms with van der Waals surface area (Å²) in [6.07, 6.45) is 1.83. The summed E-state index contributed by atoms with van der Waals surface area (Å²) in [5.74, 6) is 3.43. The topological polar surface area (TPSA) is 83.8 Å². The highest BCUT2D eigenvalue weighted by Crippen LogP contribution is 2.42. The van der Waals surface area contributed by atoms with Crippen LogP contribution < -0.4 is 9.64 Å². The van der Waals surface area contributed by atoms with E-state index in [0.717, 1.165) is 22.8 Å². The van der Waals surface area contributed by atoms with E-state index in [9.17, 15) is 9.50 Å². The number of likely N-dealkylation sites (tertiary alicyclic amines) is 1. The molecule has 2 aromatic heterocycles. The van der Waals surface area contributed by atoms with Crippen LogP contribution in [0.25, 0.3) is 32.9 Å². The number of anilines is 1. The average Bonchev–Trinajstić information content (AvgIpc) is 3.22. The van der Waals surface area contributed by atoms with E-state index in [2.05, 4.69) is 67.9 Å². The molecule has 0 radical (unpaired) electrons. The van der Waals surface area contributed by atoms with Crippen molar-refractivity contribution < 1.29 is 23.4 Å². The number of hydrogen-bond acceptors (Lipinski definition) is 8. The Morgan fingerprint density at radius 1 is 1.06 bits per heavy atom. The van der Waals surface area contributed by atoms with Gasteiger partial charge in [-0.25, -0.2) is 8.78 Å². The van der Waals surface area contributed by atoms with Gasteiger partial charge >= 0.3 is 6.01 Å². The fourth-order valence-electron chi connectivity index (χ4n) is 8.16. The van der Waals surface area contributed by atoms with E-state index in [1.165, 1.54) is 0 Å². The number of hydrogen-bond donors (Lipinski definition) is 1. The average molecular weight is 702 g/mol. The van der Waals surface area contributed by atoms with Crippen molar-refractivity contribution in [2.24, 2.45) is 0 Å². The third-order valence-corrected chi connectivity index (χ3v) is 17.0. The highest BCUT2D eigenvalue weighted by Gasteiger charge is 2.41. The normalized spacial score (nSPS) is 19.1. The highest BCUT2D eigenvalue weighted by molar-refractivity contribution is 6.90. The second kappa shape index (κ2) is 14.8. The number of fused-ring (bicyclic) bond motifs is 2. The van der Waals surface area contributed by atoms with Gasteiger partial charge in [-0.2, -0.15) is 9.97 Å². The number of rotatable bonds is 8. The zero-order chi connectivity index (χ0) is 35.7. The van der Waals surface area contributed by atoms with Gasteiger partial charge in [0, 0.05) is 55.0 Å². The van der Waals surface area contributed by atoms with Crippen LogP contribution in [0.3, 0.4) is 0 Å². The third-order valence-electron chi connectivity index (χ3n) is 10.7. The van der Waals surface area contributed by atoms with Crippen LogP contribution in [0, 0.1) is 17.3 Å². The van der Waals surface area contributed by atoms with Gasteiger partial charge in [-0.1, -0.05) is 59.6 Å². The molecule has 0 bridgehead atoms. The Labute approximate surface area is 295 Å². The summed E-state index contributed by atoms with van der Waals surface area (Å²) in [6.45, 7) is 16.5. The minimum Gasteiger partial charge on any atom is -0.508 e. The molecule has 4 aromatic rings. The van der Waals surface area contributed by atoms with E-state index >= 15 is 4.39 Å². The number of phenols is 1. The van der Waals surface area contributed by atoms with E-state index in [0.29, 0.717) is 72.7 Å². The van der Waals surface area contributed by atoms with Crippen LogP contribution in [-0.2, 0) is 4.74 Å². The number of alkyl halides is 1. The number of phenolic OH excluding ortho intramolecular Hbond substituents is 1. The molecule has 11 heteroatoms. The van der Waals surface area contributed by atoms with Gasteiger partial charge in [-0.05, 0) is 60.1 Å². The Kier molecular flexibility index (Phi) is 10.6. The fraction of sp³-hybridized carbons (Fsp3) is 0.513. The first kappa shape index (κ1) is 36.0. The lowest BCUT2D eigenvalue weighted by molar-refractivity contribution is 0.152.